The summed E-state index contributed by atoms with van der Waals surface area (Å²) in [6.07, 6.45) is 1.40. The SMILES string of the molecule is N#C/C(=C\c1cccc(OCc2ccccc2Cl)c1)C(=O)Nc1ccccc1C(=O)O. The lowest BCUT2D eigenvalue weighted by molar-refractivity contribution is -0.112. The van der Waals surface area contributed by atoms with Gasteiger partial charge in [0.25, 0.3) is 5.91 Å². The van der Waals surface area contributed by atoms with Gasteiger partial charge in [0.15, 0.2) is 0 Å². The third kappa shape index (κ3) is 5.72. The molecule has 0 aliphatic heterocycles. The van der Waals surface area contributed by atoms with E-state index in [1.807, 2.05) is 24.3 Å². The van der Waals surface area contributed by atoms with Crippen molar-refractivity contribution in [1.29, 1.82) is 5.26 Å². The third-order valence-electron chi connectivity index (χ3n) is 4.29. The molecule has 0 aliphatic rings. The molecule has 0 radical (unpaired) electrons. The first-order valence-corrected chi connectivity index (χ1v) is 9.57. The molecule has 0 aliphatic carbocycles. The highest BCUT2D eigenvalue weighted by molar-refractivity contribution is 6.31. The minimum atomic E-state index is -1.18. The highest BCUT2D eigenvalue weighted by atomic mass is 35.5. The molecule has 31 heavy (non-hydrogen) atoms. The molecule has 0 bridgehead atoms. The zero-order valence-electron chi connectivity index (χ0n) is 16.2. The number of rotatable bonds is 7. The van der Waals surface area contributed by atoms with Gasteiger partial charge < -0.3 is 15.2 Å². The van der Waals surface area contributed by atoms with Crippen molar-refractivity contribution in [3.63, 3.8) is 0 Å². The summed E-state index contributed by atoms with van der Waals surface area (Å²) >= 11 is 6.13. The van der Waals surface area contributed by atoms with E-state index in [-0.39, 0.29) is 23.4 Å². The molecular formula is C24H17ClN2O4. The highest BCUT2D eigenvalue weighted by Gasteiger charge is 2.15. The van der Waals surface area contributed by atoms with Crippen LogP contribution in [0.15, 0.2) is 78.4 Å². The Bertz CT molecular complexity index is 1200. The Labute approximate surface area is 184 Å². The molecule has 0 aromatic heterocycles. The van der Waals surface area contributed by atoms with Gasteiger partial charge in [0, 0.05) is 10.6 Å². The van der Waals surface area contributed by atoms with E-state index in [4.69, 9.17) is 16.3 Å². The number of hydrogen-bond acceptors (Lipinski definition) is 4. The van der Waals surface area contributed by atoms with Crippen molar-refractivity contribution < 1.29 is 19.4 Å². The number of anilines is 1. The van der Waals surface area contributed by atoms with Crippen LogP contribution in [-0.4, -0.2) is 17.0 Å². The zero-order chi connectivity index (χ0) is 22.2. The quantitative estimate of drug-likeness (QED) is 0.396. The summed E-state index contributed by atoms with van der Waals surface area (Å²) < 4.78 is 5.76. The second-order valence-corrected chi connectivity index (χ2v) is 6.83. The number of carboxylic acids is 1. The van der Waals surface area contributed by atoms with E-state index < -0.39 is 11.9 Å². The fourth-order valence-electron chi connectivity index (χ4n) is 2.75. The van der Waals surface area contributed by atoms with E-state index in [0.717, 1.165) is 5.56 Å². The molecule has 2 N–H and O–H groups in total. The second-order valence-electron chi connectivity index (χ2n) is 6.43. The largest absolute Gasteiger partial charge is 0.489 e. The summed E-state index contributed by atoms with van der Waals surface area (Å²) in [7, 11) is 0. The van der Waals surface area contributed by atoms with Crippen molar-refractivity contribution in [2.75, 3.05) is 5.32 Å². The van der Waals surface area contributed by atoms with Crippen molar-refractivity contribution in [3.05, 3.63) is 100 Å². The van der Waals surface area contributed by atoms with Crippen molar-refractivity contribution >= 4 is 35.2 Å². The maximum atomic E-state index is 12.5. The van der Waals surface area contributed by atoms with Gasteiger partial charge in [0.2, 0.25) is 0 Å². The number of carbonyl (C=O) groups is 2. The van der Waals surface area contributed by atoms with Crippen LogP contribution in [0.1, 0.15) is 21.5 Å². The minimum absolute atomic E-state index is 0.0666. The first-order chi connectivity index (χ1) is 15.0. The van der Waals surface area contributed by atoms with Gasteiger partial charge in [-0.25, -0.2) is 4.79 Å². The van der Waals surface area contributed by atoms with Gasteiger partial charge in [-0.15, -0.1) is 0 Å². The number of para-hydroxylation sites is 1. The topological polar surface area (TPSA) is 99.4 Å². The van der Waals surface area contributed by atoms with Gasteiger partial charge in [-0.1, -0.05) is 54.1 Å². The maximum absolute atomic E-state index is 12.5. The zero-order valence-corrected chi connectivity index (χ0v) is 17.0. The number of halogens is 1. The molecule has 0 saturated carbocycles. The smallest absolute Gasteiger partial charge is 0.337 e. The Hall–Kier alpha value is -4.08. The molecule has 0 unspecified atom stereocenters. The number of amides is 1. The Morgan fingerprint density at radius 3 is 2.55 bits per heavy atom. The lowest BCUT2D eigenvalue weighted by atomic mass is 10.1. The summed E-state index contributed by atoms with van der Waals surface area (Å²) in [5.41, 5.74) is 1.28. The summed E-state index contributed by atoms with van der Waals surface area (Å²) in [5.74, 6) is -1.34. The predicted molar refractivity (Wildman–Crippen MR) is 118 cm³/mol. The van der Waals surface area contributed by atoms with Gasteiger partial charge >= 0.3 is 5.97 Å². The first kappa shape index (κ1) is 21.6. The van der Waals surface area contributed by atoms with Gasteiger partial charge in [0.1, 0.15) is 24.0 Å². The summed E-state index contributed by atoms with van der Waals surface area (Å²) in [6.45, 7) is 0.268. The number of nitrogens with zero attached hydrogens (tertiary/aromatic N) is 1. The van der Waals surface area contributed by atoms with E-state index >= 15 is 0 Å². The van der Waals surface area contributed by atoms with Crippen LogP contribution in [0.25, 0.3) is 6.08 Å². The molecule has 6 nitrogen and oxygen atoms in total. The lowest BCUT2D eigenvalue weighted by Gasteiger charge is -2.09. The van der Waals surface area contributed by atoms with Crippen molar-refractivity contribution in [1.82, 2.24) is 0 Å². The number of hydrogen-bond donors (Lipinski definition) is 2. The molecule has 7 heteroatoms. The summed E-state index contributed by atoms with van der Waals surface area (Å²) in [5, 5.41) is 21.7. The lowest BCUT2D eigenvalue weighted by Crippen LogP contribution is -2.16. The van der Waals surface area contributed by atoms with E-state index in [2.05, 4.69) is 5.32 Å². The predicted octanol–water partition coefficient (Wildman–Crippen LogP) is 5.16. The van der Waals surface area contributed by atoms with Crippen LogP contribution in [0.5, 0.6) is 5.75 Å². The number of carboxylic acid groups (broad SMARTS) is 1. The summed E-state index contributed by atoms with van der Waals surface area (Å²) in [6, 6.07) is 22.1. The van der Waals surface area contributed by atoms with Gasteiger partial charge in [-0.3, -0.25) is 4.79 Å². The third-order valence-corrected chi connectivity index (χ3v) is 4.66. The number of nitrogens with one attached hydrogen (secondary N) is 1. The van der Waals surface area contributed by atoms with Gasteiger partial charge in [-0.2, -0.15) is 5.26 Å². The number of ether oxygens (including phenoxy) is 1. The van der Waals surface area contributed by atoms with Crippen LogP contribution in [0.2, 0.25) is 5.02 Å². The minimum Gasteiger partial charge on any atom is -0.489 e. The standard InChI is InChI=1S/C24H17ClN2O4/c25-21-10-3-1-7-17(21)15-31-19-8-5-6-16(13-19)12-18(14-26)23(28)27-22-11-4-2-9-20(22)24(29)30/h1-13H,15H2,(H,27,28)(H,29,30)/b18-12+. The van der Waals surface area contributed by atoms with Crippen molar-refractivity contribution in [3.8, 4) is 11.8 Å². The van der Waals surface area contributed by atoms with Crippen LogP contribution in [0, 0.1) is 11.3 Å². The molecule has 0 fully saturated rings. The molecule has 1 amide bonds. The van der Waals surface area contributed by atoms with E-state index in [9.17, 15) is 20.0 Å². The average Bonchev–Trinajstić information content (AvgIpc) is 2.77. The van der Waals surface area contributed by atoms with Crippen molar-refractivity contribution in [2.45, 2.75) is 6.61 Å². The molecule has 154 valence electrons. The molecule has 0 atom stereocenters. The number of carbonyl (C=O) groups excluding carboxylic acids is 1. The van der Waals surface area contributed by atoms with Crippen LogP contribution >= 0.6 is 11.6 Å². The number of aromatic carboxylic acids is 1. The van der Waals surface area contributed by atoms with Crippen LogP contribution in [0.4, 0.5) is 5.69 Å². The molecule has 3 aromatic carbocycles. The van der Waals surface area contributed by atoms with Crippen LogP contribution in [0.3, 0.4) is 0 Å². The Balaban J connectivity index is 1.76. The molecule has 0 heterocycles. The molecule has 0 spiro atoms. The Morgan fingerprint density at radius 2 is 1.81 bits per heavy atom. The Kier molecular flexibility index (Phi) is 7.05. The van der Waals surface area contributed by atoms with E-state index in [0.29, 0.717) is 16.3 Å². The molecule has 0 saturated heterocycles. The first-order valence-electron chi connectivity index (χ1n) is 9.19. The molecule has 3 aromatic rings. The van der Waals surface area contributed by atoms with Gasteiger partial charge in [0.05, 0.1) is 11.3 Å². The van der Waals surface area contributed by atoms with Gasteiger partial charge in [-0.05, 0) is 42.0 Å². The monoisotopic (exact) mass is 432 g/mol. The van der Waals surface area contributed by atoms with E-state index in [1.165, 1.54) is 18.2 Å². The van der Waals surface area contributed by atoms with Crippen LogP contribution in [-0.2, 0) is 11.4 Å². The Morgan fingerprint density at radius 1 is 1.06 bits per heavy atom. The molecule has 3 rings (SSSR count). The molecular weight excluding hydrogens is 416 g/mol. The maximum Gasteiger partial charge on any atom is 0.337 e. The normalized spacial score (nSPS) is 10.8. The second kappa shape index (κ2) is 10.1. The average molecular weight is 433 g/mol. The fourth-order valence-corrected chi connectivity index (χ4v) is 2.94. The number of nitriles is 1. The van der Waals surface area contributed by atoms with E-state index in [1.54, 1.807) is 42.5 Å². The number of benzene rings is 3. The summed E-state index contributed by atoms with van der Waals surface area (Å²) in [4.78, 5) is 23.8. The van der Waals surface area contributed by atoms with Crippen molar-refractivity contribution in [2.24, 2.45) is 0 Å². The van der Waals surface area contributed by atoms with Crippen LogP contribution < -0.4 is 10.1 Å². The fraction of sp³-hybridized carbons (Fsp3) is 0.0417. The highest BCUT2D eigenvalue weighted by Crippen LogP contribution is 2.21.